The van der Waals surface area contributed by atoms with Gasteiger partial charge in [0.1, 0.15) is 0 Å². The second-order valence-corrected chi connectivity index (χ2v) is 11.7. The molecule has 1 aliphatic heterocycles. The lowest BCUT2D eigenvalue weighted by Crippen LogP contribution is -2.39. The summed E-state index contributed by atoms with van der Waals surface area (Å²) >= 11 is 0. The molecule has 2 aromatic heterocycles. The molecule has 1 fully saturated rings. The lowest BCUT2D eigenvalue weighted by molar-refractivity contribution is -0.160. The molecule has 0 aliphatic carbocycles. The van der Waals surface area contributed by atoms with E-state index in [0.29, 0.717) is 29.7 Å². The van der Waals surface area contributed by atoms with Crippen LogP contribution in [0.15, 0.2) is 24.5 Å². The van der Waals surface area contributed by atoms with Gasteiger partial charge < -0.3 is 19.5 Å². The Morgan fingerprint density at radius 2 is 1.80 bits per heavy atom. The van der Waals surface area contributed by atoms with Gasteiger partial charge in [-0.25, -0.2) is 9.78 Å². The molecule has 1 aliphatic rings. The molecular weight excluding hydrogens is 442 g/mol. The number of anilines is 1. The molecule has 35 heavy (non-hydrogen) atoms. The van der Waals surface area contributed by atoms with Gasteiger partial charge in [-0.2, -0.15) is 0 Å². The van der Waals surface area contributed by atoms with Crippen LogP contribution in [0.25, 0.3) is 11.1 Å². The van der Waals surface area contributed by atoms with Crippen LogP contribution in [0.5, 0.6) is 5.88 Å². The number of nitrogens with zero attached hydrogens (tertiary/aromatic N) is 3. The average Bonchev–Trinajstić information content (AvgIpc) is 2.76. The summed E-state index contributed by atoms with van der Waals surface area (Å²) in [6, 6.07) is 3.83. The lowest BCUT2D eigenvalue weighted by Gasteiger charge is -2.40. The molecule has 3 rings (SSSR count). The zero-order valence-electron chi connectivity index (χ0n) is 22.5. The van der Waals surface area contributed by atoms with Gasteiger partial charge >= 0.3 is 5.97 Å². The summed E-state index contributed by atoms with van der Waals surface area (Å²) in [6.07, 6.45) is 4.52. The Bertz CT molecular complexity index is 1020. The van der Waals surface area contributed by atoms with E-state index in [1.165, 1.54) is 0 Å². The number of carboxylic acid groups (broad SMARTS) is 1. The third kappa shape index (κ3) is 6.94. The van der Waals surface area contributed by atoms with Crippen molar-refractivity contribution in [2.45, 2.75) is 79.9 Å². The molecule has 0 unspecified atom stereocenters. The van der Waals surface area contributed by atoms with Gasteiger partial charge in [-0.15, -0.1) is 0 Å². The van der Waals surface area contributed by atoms with Gasteiger partial charge in [-0.05, 0) is 57.9 Å². The summed E-state index contributed by atoms with van der Waals surface area (Å²) in [4.78, 5) is 23.9. The van der Waals surface area contributed by atoms with Crippen molar-refractivity contribution < 1.29 is 19.4 Å². The number of piperidine rings is 1. The monoisotopic (exact) mass is 483 g/mol. The number of hydrogen-bond acceptors (Lipinski definition) is 6. The number of pyridine rings is 2. The number of aromatic nitrogens is 2. The van der Waals surface area contributed by atoms with Crippen molar-refractivity contribution >= 4 is 11.7 Å². The maximum Gasteiger partial charge on any atom is 0.337 e. The second kappa shape index (κ2) is 10.5. The van der Waals surface area contributed by atoms with Crippen LogP contribution >= 0.6 is 0 Å². The molecule has 1 atom stereocenters. The van der Waals surface area contributed by atoms with Crippen molar-refractivity contribution in [3.05, 3.63) is 35.8 Å². The maximum atomic E-state index is 12.5. The molecule has 0 radical (unpaired) electrons. The molecule has 7 nitrogen and oxygen atoms in total. The third-order valence-electron chi connectivity index (χ3n) is 6.29. The predicted octanol–water partition coefficient (Wildman–Crippen LogP) is 6.05. The number of rotatable bonds is 8. The zero-order valence-corrected chi connectivity index (χ0v) is 22.5. The van der Waals surface area contributed by atoms with Gasteiger partial charge in [0.05, 0.1) is 17.9 Å². The SMILES string of the molecule is Cc1ncc(-c2ccc(OCC(C)C)nc2)c(N2CCC(C)(C)CC2)c1[C@@H](OC(C)(C)C)C(=O)O. The van der Waals surface area contributed by atoms with Crippen molar-refractivity contribution in [2.24, 2.45) is 11.3 Å². The first-order valence-electron chi connectivity index (χ1n) is 12.5. The molecule has 7 heteroatoms. The largest absolute Gasteiger partial charge is 0.479 e. The summed E-state index contributed by atoms with van der Waals surface area (Å²) in [5, 5.41) is 10.2. The Labute approximate surface area is 209 Å². The zero-order chi connectivity index (χ0) is 26.0. The summed E-state index contributed by atoms with van der Waals surface area (Å²) in [5.74, 6) is -0.0364. The van der Waals surface area contributed by atoms with E-state index in [1.807, 2.05) is 46.0 Å². The highest BCUT2D eigenvalue weighted by atomic mass is 16.5. The van der Waals surface area contributed by atoms with Gasteiger partial charge in [0.15, 0.2) is 6.10 Å². The molecule has 2 aromatic rings. The minimum absolute atomic E-state index is 0.254. The highest BCUT2D eigenvalue weighted by Gasteiger charge is 2.35. The standard InChI is InChI=1S/C28H41N3O4/c1-18(2)17-34-22-10-9-20(15-30-22)21-16-29-19(3)23(25(26(32)33)35-27(4,5)6)24(21)31-13-11-28(7,8)12-14-31/h9-10,15-16,18,25H,11-14,17H2,1-8H3,(H,32,33)/t25-/m1/s1. The first-order chi connectivity index (χ1) is 16.3. The summed E-state index contributed by atoms with van der Waals surface area (Å²) in [5.41, 5.74) is 3.50. The van der Waals surface area contributed by atoms with Crippen LogP contribution in [0.2, 0.25) is 0 Å². The fourth-order valence-corrected chi connectivity index (χ4v) is 4.27. The van der Waals surface area contributed by atoms with Gasteiger partial charge in [0, 0.05) is 53.9 Å². The van der Waals surface area contributed by atoms with Crippen LogP contribution in [0.3, 0.4) is 0 Å². The Balaban J connectivity index is 2.13. The molecule has 1 N–H and O–H groups in total. The molecule has 0 bridgehead atoms. The predicted molar refractivity (Wildman–Crippen MR) is 139 cm³/mol. The molecule has 0 aromatic carbocycles. The van der Waals surface area contributed by atoms with E-state index < -0.39 is 17.7 Å². The maximum absolute atomic E-state index is 12.5. The second-order valence-electron chi connectivity index (χ2n) is 11.7. The number of carbonyl (C=O) groups is 1. The normalized spacial score (nSPS) is 16.9. The van der Waals surface area contributed by atoms with Crippen LogP contribution in [-0.4, -0.2) is 46.3 Å². The van der Waals surface area contributed by atoms with Crippen LogP contribution in [0, 0.1) is 18.3 Å². The molecule has 0 spiro atoms. The molecule has 192 valence electrons. The minimum atomic E-state index is -1.13. The number of hydrogen-bond donors (Lipinski definition) is 1. The van der Waals surface area contributed by atoms with Gasteiger partial charge in [0.25, 0.3) is 0 Å². The topological polar surface area (TPSA) is 84.8 Å². The number of aliphatic carboxylic acids is 1. The van der Waals surface area contributed by atoms with E-state index >= 15 is 0 Å². The van der Waals surface area contributed by atoms with Crippen LogP contribution in [0.1, 0.15) is 78.7 Å². The van der Waals surface area contributed by atoms with Crippen molar-refractivity contribution in [1.29, 1.82) is 0 Å². The Kier molecular flexibility index (Phi) is 8.10. The quantitative estimate of drug-likeness (QED) is 0.489. The van der Waals surface area contributed by atoms with Crippen LogP contribution in [0.4, 0.5) is 5.69 Å². The molecule has 0 saturated carbocycles. The fourth-order valence-electron chi connectivity index (χ4n) is 4.27. The highest BCUT2D eigenvalue weighted by Crippen LogP contribution is 2.43. The lowest BCUT2D eigenvalue weighted by atomic mass is 9.82. The Hall–Kier alpha value is -2.67. The van der Waals surface area contributed by atoms with Crippen molar-refractivity contribution in [3.63, 3.8) is 0 Å². The van der Waals surface area contributed by atoms with E-state index in [0.717, 1.165) is 42.7 Å². The summed E-state index contributed by atoms with van der Waals surface area (Å²) in [7, 11) is 0. The summed E-state index contributed by atoms with van der Waals surface area (Å²) in [6.45, 7) is 18.5. The van der Waals surface area contributed by atoms with E-state index in [-0.39, 0.29) is 5.41 Å². The van der Waals surface area contributed by atoms with E-state index in [4.69, 9.17) is 9.47 Å². The third-order valence-corrected chi connectivity index (χ3v) is 6.29. The van der Waals surface area contributed by atoms with Gasteiger partial charge in [-0.1, -0.05) is 27.7 Å². The fraction of sp³-hybridized carbons (Fsp3) is 0.607. The number of carboxylic acids is 1. The molecule has 3 heterocycles. The van der Waals surface area contributed by atoms with Crippen molar-refractivity contribution in [2.75, 3.05) is 24.6 Å². The van der Waals surface area contributed by atoms with Crippen molar-refractivity contribution in [1.82, 2.24) is 9.97 Å². The van der Waals surface area contributed by atoms with Gasteiger partial charge in [-0.3, -0.25) is 4.98 Å². The van der Waals surface area contributed by atoms with Crippen LogP contribution in [-0.2, 0) is 9.53 Å². The van der Waals surface area contributed by atoms with E-state index in [2.05, 4.69) is 42.6 Å². The number of ether oxygens (including phenoxy) is 2. The van der Waals surface area contributed by atoms with Crippen molar-refractivity contribution in [3.8, 4) is 17.0 Å². The molecular formula is C28H41N3O4. The smallest absolute Gasteiger partial charge is 0.337 e. The highest BCUT2D eigenvalue weighted by molar-refractivity contribution is 5.86. The molecule has 1 saturated heterocycles. The molecule has 0 amide bonds. The average molecular weight is 484 g/mol. The Morgan fingerprint density at radius 3 is 2.31 bits per heavy atom. The van der Waals surface area contributed by atoms with E-state index in [9.17, 15) is 9.90 Å². The number of aryl methyl sites for hydroxylation is 1. The first-order valence-corrected chi connectivity index (χ1v) is 12.5. The van der Waals surface area contributed by atoms with Gasteiger partial charge in [0.2, 0.25) is 5.88 Å². The first kappa shape index (κ1) is 26.9. The van der Waals surface area contributed by atoms with Crippen LogP contribution < -0.4 is 9.64 Å². The Morgan fingerprint density at radius 1 is 1.14 bits per heavy atom. The van der Waals surface area contributed by atoms with E-state index in [1.54, 1.807) is 6.20 Å². The summed E-state index contributed by atoms with van der Waals surface area (Å²) < 4.78 is 11.9. The minimum Gasteiger partial charge on any atom is -0.479 e.